The normalized spacial score (nSPS) is 11.3. The van der Waals surface area contributed by atoms with Crippen molar-refractivity contribution in [1.82, 2.24) is 4.98 Å². The van der Waals surface area contributed by atoms with Gasteiger partial charge in [-0.05, 0) is 13.0 Å². The Morgan fingerprint density at radius 3 is 2.71 bits per heavy atom. The molecule has 0 amide bonds. The summed E-state index contributed by atoms with van der Waals surface area (Å²) in [7, 11) is 0. The second-order valence-corrected chi connectivity index (χ2v) is 3.17. The van der Waals surface area contributed by atoms with Gasteiger partial charge in [0.2, 0.25) is 0 Å². The number of alkyl halides is 3. The van der Waals surface area contributed by atoms with E-state index in [9.17, 15) is 18.0 Å². The van der Waals surface area contributed by atoms with Gasteiger partial charge in [-0.3, -0.25) is 9.78 Å². The highest BCUT2D eigenvalue weighted by molar-refractivity contribution is 5.72. The molecule has 0 atom stereocenters. The molecule has 0 aliphatic heterocycles. The fourth-order valence-corrected chi connectivity index (χ4v) is 1.18. The number of aromatic nitrogens is 1. The Hall–Kier alpha value is -1.79. The van der Waals surface area contributed by atoms with E-state index in [1.165, 1.54) is 0 Å². The molecule has 7 heteroatoms. The molecule has 0 bridgehead atoms. The SMILES string of the molecule is CCOC(=O)Cc1cc(C(F)(F)F)c(O)cn1. The first kappa shape index (κ1) is 13.3. The van der Waals surface area contributed by atoms with Gasteiger partial charge >= 0.3 is 12.1 Å². The number of aromatic hydroxyl groups is 1. The molecule has 0 aromatic carbocycles. The van der Waals surface area contributed by atoms with E-state index in [2.05, 4.69) is 9.72 Å². The van der Waals surface area contributed by atoms with E-state index >= 15 is 0 Å². The minimum atomic E-state index is -4.68. The van der Waals surface area contributed by atoms with E-state index in [0.717, 1.165) is 0 Å². The van der Waals surface area contributed by atoms with Crippen LogP contribution in [0.4, 0.5) is 13.2 Å². The van der Waals surface area contributed by atoms with Crippen LogP contribution in [0.25, 0.3) is 0 Å². The highest BCUT2D eigenvalue weighted by atomic mass is 19.4. The molecule has 0 saturated heterocycles. The first-order valence-electron chi connectivity index (χ1n) is 4.75. The van der Waals surface area contributed by atoms with Gasteiger partial charge < -0.3 is 9.84 Å². The maximum Gasteiger partial charge on any atom is 0.420 e. The van der Waals surface area contributed by atoms with E-state index in [1.54, 1.807) is 6.92 Å². The Kier molecular flexibility index (Phi) is 3.93. The Labute approximate surface area is 95.0 Å². The molecular weight excluding hydrogens is 239 g/mol. The number of ether oxygens (including phenoxy) is 1. The molecule has 0 radical (unpaired) electrons. The van der Waals surface area contributed by atoms with Crippen LogP contribution in [0.5, 0.6) is 5.75 Å². The fourth-order valence-electron chi connectivity index (χ4n) is 1.18. The summed E-state index contributed by atoms with van der Waals surface area (Å²) < 4.78 is 41.8. The predicted octanol–water partition coefficient (Wildman–Crippen LogP) is 1.91. The van der Waals surface area contributed by atoms with Crippen molar-refractivity contribution >= 4 is 5.97 Å². The predicted molar refractivity (Wildman–Crippen MR) is 51.2 cm³/mol. The van der Waals surface area contributed by atoms with Gasteiger partial charge in [0.1, 0.15) is 11.3 Å². The molecule has 1 aromatic heterocycles. The van der Waals surface area contributed by atoms with Gasteiger partial charge in [-0.25, -0.2) is 0 Å². The Balaban J connectivity index is 2.93. The molecule has 1 aromatic rings. The van der Waals surface area contributed by atoms with E-state index in [1.807, 2.05) is 0 Å². The van der Waals surface area contributed by atoms with E-state index in [-0.39, 0.29) is 18.7 Å². The third kappa shape index (κ3) is 3.61. The number of carbonyl (C=O) groups excluding carboxylic acids is 1. The van der Waals surface area contributed by atoms with E-state index in [0.29, 0.717) is 12.3 Å². The van der Waals surface area contributed by atoms with E-state index in [4.69, 9.17) is 5.11 Å². The van der Waals surface area contributed by atoms with Gasteiger partial charge in [0, 0.05) is 0 Å². The maximum absolute atomic E-state index is 12.4. The summed E-state index contributed by atoms with van der Waals surface area (Å²) in [6.45, 7) is 1.73. The lowest BCUT2D eigenvalue weighted by molar-refractivity contribution is -0.143. The van der Waals surface area contributed by atoms with Crippen molar-refractivity contribution in [3.05, 3.63) is 23.5 Å². The molecule has 0 fully saturated rings. The fraction of sp³-hybridized carbons (Fsp3) is 0.400. The Morgan fingerprint density at radius 1 is 1.53 bits per heavy atom. The average molecular weight is 249 g/mol. The van der Waals surface area contributed by atoms with Crippen LogP contribution in [0.3, 0.4) is 0 Å². The lowest BCUT2D eigenvalue weighted by Crippen LogP contribution is -2.11. The number of esters is 1. The number of nitrogens with zero attached hydrogens (tertiary/aromatic N) is 1. The summed E-state index contributed by atoms with van der Waals surface area (Å²) in [4.78, 5) is 14.6. The topological polar surface area (TPSA) is 59.4 Å². The number of hydrogen-bond donors (Lipinski definition) is 1. The summed E-state index contributed by atoms with van der Waals surface area (Å²) in [5.41, 5.74) is -1.32. The van der Waals surface area contributed by atoms with Gasteiger partial charge in [-0.15, -0.1) is 0 Å². The molecule has 4 nitrogen and oxygen atoms in total. The van der Waals surface area contributed by atoms with Crippen molar-refractivity contribution in [2.75, 3.05) is 6.61 Å². The second-order valence-electron chi connectivity index (χ2n) is 3.17. The standard InChI is InChI=1S/C10H10F3NO3/c1-2-17-9(16)4-6-3-7(10(11,12)13)8(15)5-14-6/h3,5,15H,2,4H2,1H3. The van der Waals surface area contributed by atoms with Crippen molar-refractivity contribution < 1.29 is 27.8 Å². The van der Waals surface area contributed by atoms with Crippen LogP contribution in [-0.4, -0.2) is 22.7 Å². The van der Waals surface area contributed by atoms with Crippen molar-refractivity contribution in [2.45, 2.75) is 19.5 Å². The zero-order valence-electron chi connectivity index (χ0n) is 8.91. The number of pyridine rings is 1. The molecular formula is C10H10F3NO3. The Bertz CT molecular complexity index is 418. The van der Waals surface area contributed by atoms with Gasteiger partial charge in [0.25, 0.3) is 0 Å². The minimum absolute atomic E-state index is 0.103. The maximum atomic E-state index is 12.4. The minimum Gasteiger partial charge on any atom is -0.506 e. The molecule has 1 N–H and O–H groups in total. The molecule has 1 heterocycles. The van der Waals surface area contributed by atoms with Gasteiger partial charge in [-0.1, -0.05) is 0 Å². The number of carbonyl (C=O) groups is 1. The molecule has 17 heavy (non-hydrogen) atoms. The first-order valence-corrected chi connectivity index (χ1v) is 4.75. The number of halogens is 3. The van der Waals surface area contributed by atoms with Crippen molar-refractivity contribution in [3.63, 3.8) is 0 Å². The van der Waals surface area contributed by atoms with Crippen LogP contribution in [0.2, 0.25) is 0 Å². The quantitative estimate of drug-likeness (QED) is 0.831. The third-order valence-corrected chi connectivity index (χ3v) is 1.88. The zero-order valence-corrected chi connectivity index (χ0v) is 8.91. The Morgan fingerprint density at radius 2 is 2.18 bits per heavy atom. The van der Waals surface area contributed by atoms with Crippen molar-refractivity contribution in [2.24, 2.45) is 0 Å². The molecule has 0 saturated carbocycles. The summed E-state index contributed by atoms with van der Waals surface area (Å²) in [5, 5.41) is 9.01. The molecule has 1 rings (SSSR count). The molecule has 0 aliphatic rings. The summed E-state index contributed by atoms with van der Waals surface area (Å²) >= 11 is 0. The van der Waals surface area contributed by atoms with Crippen LogP contribution in [0.1, 0.15) is 18.2 Å². The zero-order chi connectivity index (χ0) is 13.1. The van der Waals surface area contributed by atoms with Crippen LogP contribution in [0.15, 0.2) is 12.3 Å². The van der Waals surface area contributed by atoms with Crippen molar-refractivity contribution in [3.8, 4) is 5.75 Å². The number of hydrogen-bond acceptors (Lipinski definition) is 4. The van der Waals surface area contributed by atoms with Crippen molar-refractivity contribution in [1.29, 1.82) is 0 Å². The molecule has 0 unspecified atom stereocenters. The lowest BCUT2D eigenvalue weighted by Gasteiger charge is -2.09. The average Bonchev–Trinajstić information content (AvgIpc) is 2.19. The van der Waals surface area contributed by atoms with Crippen LogP contribution < -0.4 is 0 Å². The molecule has 0 aliphatic carbocycles. The third-order valence-electron chi connectivity index (χ3n) is 1.88. The highest BCUT2D eigenvalue weighted by Crippen LogP contribution is 2.35. The van der Waals surface area contributed by atoms with E-state index < -0.39 is 23.5 Å². The monoisotopic (exact) mass is 249 g/mol. The van der Waals surface area contributed by atoms with Crippen LogP contribution in [-0.2, 0) is 22.1 Å². The van der Waals surface area contributed by atoms with Gasteiger partial charge in [0.15, 0.2) is 0 Å². The number of rotatable bonds is 3. The largest absolute Gasteiger partial charge is 0.506 e. The smallest absolute Gasteiger partial charge is 0.420 e. The van der Waals surface area contributed by atoms with Gasteiger partial charge in [-0.2, -0.15) is 13.2 Å². The van der Waals surface area contributed by atoms with Crippen LogP contribution in [0, 0.1) is 0 Å². The second kappa shape index (κ2) is 5.03. The van der Waals surface area contributed by atoms with Crippen LogP contribution >= 0.6 is 0 Å². The van der Waals surface area contributed by atoms with Gasteiger partial charge in [0.05, 0.1) is 24.9 Å². The lowest BCUT2D eigenvalue weighted by atomic mass is 10.1. The summed E-state index contributed by atoms with van der Waals surface area (Å²) in [6.07, 6.45) is -4.38. The first-order chi connectivity index (χ1) is 7.84. The summed E-state index contributed by atoms with van der Waals surface area (Å²) in [6, 6.07) is 0.631. The molecule has 94 valence electrons. The highest BCUT2D eigenvalue weighted by Gasteiger charge is 2.34. The molecule has 0 spiro atoms. The summed E-state index contributed by atoms with van der Waals surface area (Å²) in [5.74, 6) is -1.64.